The number of hydrogen-bond acceptors (Lipinski definition) is 8. The summed E-state index contributed by atoms with van der Waals surface area (Å²) in [6.45, 7) is 11.4. The quantitative estimate of drug-likeness (QED) is 0.369. The van der Waals surface area contributed by atoms with Crippen LogP contribution >= 0.6 is 11.3 Å². The van der Waals surface area contributed by atoms with E-state index in [1.54, 1.807) is 18.5 Å². The molecule has 2 fully saturated rings. The summed E-state index contributed by atoms with van der Waals surface area (Å²) in [5.74, 6) is 1.72. The van der Waals surface area contributed by atoms with Gasteiger partial charge in [-0.15, -0.1) is 11.3 Å². The predicted octanol–water partition coefficient (Wildman–Crippen LogP) is 4.93. The van der Waals surface area contributed by atoms with Gasteiger partial charge in [0.05, 0.1) is 11.4 Å². The third kappa shape index (κ3) is 4.92. The molecule has 8 nitrogen and oxygen atoms in total. The zero-order valence-electron chi connectivity index (χ0n) is 22.8. The Morgan fingerprint density at radius 2 is 1.77 bits per heavy atom. The van der Waals surface area contributed by atoms with Gasteiger partial charge in [-0.2, -0.15) is 0 Å². The number of aryl methyl sites for hydroxylation is 3. The second-order valence-electron chi connectivity index (χ2n) is 11.2. The van der Waals surface area contributed by atoms with Crippen molar-refractivity contribution >= 4 is 17.2 Å². The Kier molecular flexibility index (Phi) is 6.23. The molecule has 1 aromatic carbocycles. The fourth-order valence-electron chi connectivity index (χ4n) is 5.37. The number of rotatable bonds is 6. The van der Waals surface area contributed by atoms with Crippen molar-refractivity contribution < 1.29 is 9.53 Å². The first kappa shape index (κ1) is 25.6. The van der Waals surface area contributed by atoms with Crippen LogP contribution in [0.5, 0.6) is 5.88 Å². The van der Waals surface area contributed by atoms with Gasteiger partial charge in [0, 0.05) is 54.5 Å². The van der Waals surface area contributed by atoms with E-state index in [2.05, 4.69) is 53.1 Å². The minimum atomic E-state index is -0.534. The van der Waals surface area contributed by atoms with Gasteiger partial charge in [-0.3, -0.25) is 4.79 Å². The topological polar surface area (TPSA) is 107 Å². The summed E-state index contributed by atoms with van der Waals surface area (Å²) in [6.07, 6.45) is 3.40. The van der Waals surface area contributed by atoms with Crippen LogP contribution in [0, 0.1) is 32.6 Å². The Morgan fingerprint density at radius 3 is 2.44 bits per heavy atom. The molecule has 1 aliphatic heterocycles. The van der Waals surface area contributed by atoms with Crippen LogP contribution in [0.3, 0.4) is 0 Å². The van der Waals surface area contributed by atoms with E-state index in [1.807, 2.05) is 31.7 Å². The van der Waals surface area contributed by atoms with Gasteiger partial charge in [-0.05, 0) is 57.9 Å². The van der Waals surface area contributed by atoms with E-state index < -0.39 is 5.54 Å². The van der Waals surface area contributed by atoms with Gasteiger partial charge in [0.25, 0.3) is 5.91 Å². The lowest BCUT2D eigenvalue weighted by molar-refractivity contribution is 0.0755. The van der Waals surface area contributed by atoms with Crippen LogP contribution in [-0.2, 0) is 5.54 Å². The largest absolute Gasteiger partial charge is 0.474 e. The number of likely N-dealkylation sites (tertiary alicyclic amines) is 1. The van der Waals surface area contributed by atoms with Crippen LogP contribution in [0.4, 0.5) is 0 Å². The van der Waals surface area contributed by atoms with Gasteiger partial charge < -0.3 is 15.4 Å². The molecule has 0 radical (unpaired) electrons. The number of ether oxygens (including phenoxy) is 1. The number of aromatic nitrogens is 4. The van der Waals surface area contributed by atoms with Gasteiger partial charge in [0.1, 0.15) is 11.0 Å². The van der Waals surface area contributed by atoms with E-state index >= 15 is 0 Å². The third-order valence-corrected chi connectivity index (χ3v) is 8.75. The molecular weight excluding hydrogens is 508 g/mol. The average molecular weight is 541 g/mol. The molecule has 1 amide bonds. The number of carbonyl (C=O) groups is 1. The summed E-state index contributed by atoms with van der Waals surface area (Å²) >= 11 is 1.35. The standard InChI is InChI=1S/C30H32N6O2S/c1-16-7-8-20(17(2)11-16)23-12-19(30(4,5)31)13-24(35-23)38-25-21-14-36(15-22(21)25)29(37)26-18(3)34-28(39-26)27-32-9-6-10-33-27/h6-13,21-22,25H,14-15,31H2,1-5H3. The lowest BCUT2D eigenvalue weighted by Gasteiger charge is -2.22. The first-order valence-electron chi connectivity index (χ1n) is 13.2. The highest BCUT2D eigenvalue weighted by Gasteiger charge is 2.59. The molecule has 1 saturated carbocycles. The molecule has 6 rings (SSSR count). The van der Waals surface area contributed by atoms with Crippen LogP contribution in [0.2, 0.25) is 0 Å². The van der Waals surface area contributed by atoms with Crippen molar-refractivity contribution in [2.24, 2.45) is 17.6 Å². The monoisotopic (exact) mass is 540 g/mol. The van der Waals surface area contributed by atoms with Crippen LogP contribution in [0.25, 0.3) is 22.1 Å². The van der Waals surface area contributed by atoms with Crippen molar-refractivity contribution in [1.82, 2.24) is 24.8 Å². The number of thiazole rings is 1. The lowest BCUT2D eigenvalue weighted by atomic mass is 9.93. The minimum Gasteiger partial charge on any atom is -0.474 e. The molecule has 39 heavy (non-hydrogen) atoms. The number of carbonyl (C=O) groups excluding carboxylic acids is 1. The van der Waals surface area contributed by atoms with Crippen molar-refractivity contribution in [3.8, 4) is 28.0 Å². The highest BCUT2D eigenvalue weighted by Crippen LogP contribution is 2.48. The number of benzene rings is 1. The maximum atomic E-state index is 13.3. The van der Waals surface area contributed by atoms with E-state index in [0.29, 0.717) is 52.2 Å². The summed E-state index contributed by atoms with van der Waals surface area (Å²) in [6, 6.07) is 12.1. The minimum absolute atomic E-state index is 0.0141. The molecule has 3 aromatic heterocycles. The predicted molar refractivity (Wildman–Crippen MR) is 152 cm³/mol. The molecule has 9 heteroatoms. The van der Waals surface area contributed by atoms with Gasteiger partial charge >= 0.3 is 0 Å². The Hall–Kier alpha value is -3.69. The summed E-state index contributed by atoms with van der Waals surface area (Å²) in [4.78, 5) is 33.9. The highest BCUT2D eigenvalue weighted by atomic mass is 32.1. The van der Waals surface area contributed by atoms with Crippen LogP contribution in [-0.4, -0.2) is 49.9 Å². The number of pyridine rings is 1. The van der Waals surface area contributed by atoms with E-state index in [4.69, 9.17) is 15.5 Å². The molecule has 2 aliphatic rings. The molecular formula is C30H32N6O2S. The fraction of sp³-hybridized carbons (Fsp3) is 0.367. The van der Waals surface area contributed by atoms with E-state index in [1.165, 1.54) is 22.5 Å². The number of piperidine rings is 1. The maximum absolute atomic E-state index is 13.3. The van der Waals surface area contributed by atoms with Gasteiger partial charge in [0.15, 0.2) is 10.8 Å². The first-order valence-corrected chi connectivity index (χ1v) is 14.0. The normalized spacial score (nSPS) is 20.2. The number of nitrogens with zero attached hydrogens (tertiary/aromatic N) is 5. The molecule has 4 heterocycles. The zero-order chi connectivity index (χ0) is 27.5. The van der Waals surface area contributed by atoms with Gasteiger partial charge in [-0.1, -0.05) is 23.8 Å². The Balaban J connectivity index is 1.17. The fourth-order valence-corrected chi connectivity index (χ4v) is 6.35. The average Bonchev–Trinajstić information content (AvgIpc) is 3.21. The van der Waals surface area contributed by atoms with Crippen LogP contribution in [0.1, 0.15) is 45.9 Å². The van der Waals surface area contributed by atoms with Crippen LogP contribution < -0.4 is 10.5 Å². The van der Waals surface area contributed by atoms with E-state index in [-0.39, 0.29) is 12.0 Å². The number of amides is 1. The van der Waals surface area contributed by atoms with Crippen molar-refractivity contribution in [2.75, 3.05) is 13.1 Å². The molecule has 2 atom stereocenters. The first-order chi connectivity index (χ1) is 18.6. The molecule has 4 aromatic rings. The van der Waals surface area contributed by atoms with Gasteiger partial charge in [0.2, 0.25) is 5.88 Å². The van der Waals surface area contributed by atoms with E-state index in [9.17, 15) is 4.79 Å². The maximum Gasteiger partial charge on any atom is 0.265 e. The van der Waals surface area contributed by atoms with Crippen molar-refractivity contribution in [3.05, 3.63) is 76.1 Å². The Labute approximate surface area is 232 Å². The summed E-state index contributed by atoms with van der Waals surface area (Å²) in [5.41, 5.74) is 12.0. The Morgan fingerprint density at radius 1 is 1.05 bits per heavy atom. The third-order valence-electron chi connectivity index (χ3n) is 7.61. The second-order valence-corrected chi connectivity index (χ2v) is 12.2. The molecule has 1 aliphatic carbocycles. The number of nitrogens with two attached hydrogens (primary N) is 1. The summed E-state index contributed by atoms with van der Waals surface area (Å²) in [5, 5.41) is 0.662. The SMILES string of the molecule is Cc1ccc(-c2cc(C(C)(C)N)cc(OC3C4CN(C(=O)c5sc(-c6ncccn6)nc5C)CC43)n2)c(C)c1. The van der Waals surface area contributed by atoms with Crippen LogP contribution in [0.15, 0.2) is 48.8 Å². The Bertz CT molecular complexity index is 1550. The zero-order valence-corrected chi connectivity index (χ0v) is 23.6. The van der Waals surface area contributed by atoms with Crippen molar-refractivity contribution in [2.45, 2.75) is 46.3 Å². The van der Waals surface area contributed by atoms with E-state index in [0.717, 1.165) is 16.8 Å². The molecule has 0 spiro atoms. The summed E-state index contributed by atoms with van der Waals surface area (Å²) in [7, 11) is 0. The lowest BCUT2D eigenvalue weighted by Crippen LogP contribution is -2.33. The highest BCUT2D eigenvalue weighted by molar-refractivity contribution is 7.17. The van der Waals surface area contributed by atoms with Gasteiger partial charge in [-0.25, -0.2) is 19.9 Å². The molecule has 200 valence electrons. The number of hydrogen-bond donors (Lipinski definition) is 1. The molecule has 2 unspecified atom stereocenters. The smallest absolute Gasteiger partial charge is 0.265 e. The molecule has 2 N–H and O–H groups in total. The molecule has 1 saturated heterocycles. The second kappa shape index (κ2) is 9.50. The molecule has 0 bridgehead atoms. The van der Waals surface area contributed by atoms with Crippen molar-refractivity contribution in [3.63, 3.8) is 0 Å². The number of fused-ring (bicyclic) bond motifs is 1. The van der Waals surface area contributed by atoms with Crippen molar-refractivity contribution in [1.29, 1.82) is 0 Å². The summed E-state index contributed by atoms with van der Waals surface area (Å²) < 4.78 is 6.44.